The van der Waals surface area contributed by atoms with E-state index in [4.69, 9.17) is 4.74 Å². The fourth-order valence-corrected chi connectivity index (χ4v) is 0.911. The number of allylic oxidation sites excluding steroid dienone is 4. The topological polar surface area (TPSA) is 9.23 Å². The molecule has 0 saturated heterocycles. The lowest BCUT2D eigenvalue weighted by Crippen LogP contribution is -2.03. The molecule has 0 amide bonds. The van der Waals surface area contributed by atoms with Crippen molar-refractivity contribution >= 4 is 0 Å². The maximum atomic E-state index is 5.16. The molecular formula is C9H12O. The molecule has 1 atom stereocenters. The molecule has 1 nitrogen and oxygen atoms in total. The van der Waals surface area contributed by atoms with Gasteiger partial charge in [-0.2, -0.15) is 0 Å². The van der Waals surface area contributed by atoms with Crippen LogP contribution in [0, 0.1) is 0 Å². The summed E-state index contributed by atoms with van der Waals surface area (Å²) >= 11 is 0. The quantitative estimate of drug-likeness (QED) is 0.538. The number of hydrogen-bond acceptors (Lipinski definition) is 1. The summed E-state index contributed by atoms with van der Waals surface area (Å²) in [6, 6.07) is 0. The lowest BCUT2D eigenvalue weighted by atomic mass is 10.1. The summed E-state index contributed by atoms with van der Waals surface area (Å²) < 4.78 is 5.16. The van der Waals surface area contributed by atoms with Gasteiger partial charge in [-0.25, -0.2) is 0 Å². The molecule has 1 aliphatic rings. The molecule has 1 heteroatoms. The average Bonchev–Trinajstić information content (AvgIpc) is 1.88. The van der Waals surface area contributed by atoms with Crippen molar-refractivity contribution in [2.45, 2.75) is 20.0 Å². The summed E-state index contributed by atoms with van der Waals surface area (Å²) in [6.07, 6.45) is 10.1. The highest BCUT2D eigenvalue weighted by molar-refractivity contribution is 5.32. The Morgan fingerprint density at radius 2 is 2.40 bits per heavy atom. The molecule has 0 fully saturated rings. The molecule has 0 radical (unpaired) electrons. The zero-order chi connectivity index (χ0) is 7.40. The van der Waals surface area contributed by atoms with Crippen molar-refractivity contribution in [2.75, 3.05) is 0 Å². The zero-order valence-electron chi connectivity index (χ0n) is 6.37. The van der Waals surface area contributed by atoms with E-state index in [1.165, 1.54) is 5.57 Å². The second-order valence-electron chi connectivity index (χ2n) is 2.31. The van der Waals surface area contributed by atoms with Crippen LogP contribution in [0.1, 0.15) is 13.8 Å². The smallest absolute Gasteiger partial charge is 0.114 e. The second kappa shape index (κ2) is 3.25. The summed E-state index contributed by atoms with van der Waals surface area (Å²) in [4.78, 5) is 0. The molecule has 0 bridgehead atoms. The first-order valence-electron chi connectivity index (χ1n) is 3.49. The highest BCUT2D eigenvalue weighted by atomic mass is 16.5. The molecule has 1 heterocycles. The Hall–Kier alpha value is -0.980. The van der Waals surface area contributed by atoms with Crippen molar-refractivity contribution in [3.05, 3.63) is 36.1 Å². The van der Waals surface area contributed by atoms with Gasteiger partial charge in [0, 0.05) is 0 Å². The fraction of sp³-hybridized carbons (Fsp3) is 0.333. The van der Waals surface area contributed by atoms with Gasteiger partial charge in [0.05, 0.1) is 6.26 Å². The summed E-state index contributed by atoms with van der Waals surface area (Å²) in [6.45, 7) is 4.03. The predicted molar refractivity (Wildman–Crippen MR) is 42.6 cm³/mol. The Balaban J connectivity index is 2.66. The van der Waals surface area contributed by atoms with Gasteiger partial charge in [-0.1, -0.05) is 12.2 Å². The molecule has 0 aromatic heterocycles. The third-order valence-electron chi connectivity index (χ3n) is 1.34. The van der Waals surface area contributed by atoms with Crippen molar-refractivity contribution in [1.82, 2.24) is 0 Å². The zero-order valence-corrected chi connectivity index (χ0v) is 6.37. The van der Waals surface area contributed by atoms with Crippen LogP contribution >= 0.6 is 0 Å². The van der Waals surface area contributed by atoms with Gasteiger partial charge < -0.3 is 4.74 Å². The first kappa shape index (κ1) is 7.13. The number of hydrogen-bond donors (Lipinski definition) is 0. The van der Waals surface area contributed by atoms with Gasteiger partial charge in [0.15, 0.2) is 0 Å². The minimum atomic E-state index is 0.219. The van der Waals surface area contributed by atoms with Crippen LogP contribution in [0.5, 0.6) is 0 Å². The van der Waals surface area contributed by atoms with Gasteiger partial charge in [-0.3, -0.25) is 0 Å². The minimum absolute atomic E-state index is 0.219. The normalized spacial score (nSPS) is 24.6. The van der Waals surface area contributed by atoms with Crippen LogP contribution in [-0.2, 0) is 4.74 Å². The molecular weight excluding hydrogens is 124 g/mol. The fourth-order valence-electron chi connectivity index (χ4n) is 0.911. The van der Waals surface area contributed by atoms with E-state index in [-0.39, 0.29) is 6.10 Å². The van der Waals surface area contributed by atoms with E-state index in [1.54, 1.807) is 6.26 Å². The van der Waals surface area contributed by atoms with Crippen LogP contribution in [0.3, 0.4) is 0 Å². The first-order chi connectivity index (χ1) is 4.83. The lowest BCUT2D eigenvalue weighted by molar-refractivity contribution is 0.199. The van der Waals surface area contributed by atoms with Gasteiger partial charge in [0.2, 0.25) is 0 Å². The van der Waals surface area contributed by atoms with Crippen LogP contribution in [0.2, 0.25) is 0 Å². The molecule has 0 spiro atoms. The molecule has 1 unspecified atom stereocenters. The van der Waals surface area contributed by atoms with Gasteiger partial charge >= 0.3 is 0 Å². The van der Waals surface area contributed by atoms with Crippen LogP contribution < -0.4 is 0 Å². The van der Waals surface area contributed by atoms with Crippen molar-refractivity contribution in [2.24, 2.45) is 0 Å². The van der Waals surface area contributed by atoms with Crippen molar-refractivity contribution in [3.63, 3.8) is 0 Å². The standard InChI is InChI=1S/C9H12O/c1-3-4-9-5-6-10-8(2)7-9/h3-8H,1-2H3/b4-3+. The van der Waals surface area contributed by atoms with E-state index >= 15 is 0 Å². The molecule has 10 heavy (non-hydrogen) atoms. The predicted octanol–water partition coefficient (Wildman–Crippen LogP) is 2.42. The molecule has 0 aromatic rings. The lowest BCUT2D eigenvalue weighted by Gasteiger charge is -2.11. The van der Waals surface area contributed by atoms with E-state index in [9.17, 15) is 0 Å². The van der Waals surface area contributed by atoms with E-state index in [0.717, 1.165) is 0 Å². The highest BCUT2D eigenvalue weighted by Gasteiger charge is 2.00. The molecule has 0 N–H and O–H groups in total. The molecule has 1 aliphatic heterocycles. The SMILES string of the molecule is C/C=C/C1=CC(C)OC=C1. The maximum Gasteiger partial charge on any atom is 0.114 e. The van der Waals surface area contributed by atoms with E-state index < -0.39 is 0 Å². The monoisotopic (exact) mass is 136 g/mol. The van der Waals surface area contributed by atoms with Gasteiger partial charge in [-0.15, -0.1) is 0 Å². The van der Waals surface area contributed by atoms with Crippen molar-refractivity contribution < 1.29 is 4.74 Å². The van der Waals surface area contributed by atoms with Crippen molar-refractivity contribution in [1.29, 1.82) is 0 Å². The Kier molecular flexibility index (Phi) is 2.32. The second-order valence-corrected chi connectivity index (χ2v) is 2.31. The molecule has 54 valence electrons. The third kappa shape index (κ3) is 1.76. The minimum Gasteiger partial charge on any atom is -0.494 e. The Morgan fingerprint density at radius 1 is 1.60 bits per heavy atom. The molecule has 0 aromatic carbocycles. The van der Waals surface area contributed by atoms with Crippen LogP contribution in [0.4, 0.5) is 0 Å². The highest BCUT2D eigenvalue weighted by Crippen LogP contribution is 2.09. The van der Waals surface area contributed by atoms with Crippen LogP contribution in [0.25, 0.3) is 0 Å². The molecule has 1 rings (SSSR count). The average molecular weight is 136 g/mol. The first-order valence-corrected chi connectivity index (χ1v) is 3.49. The number of ether oxygens (including phenoxy) is 1. The summed E-state index contributed by atoms with van der Waals surface area (Å²) in [5, 5.41) is 0. The summed E-state index contributed by atoms with van der Waals surface area (Å²) in [5.41, 5.74) is 1.22. The molecule has 0 saturated carbocycles. The van der Waals surface area contributed by atoms with E-state index in [1.807, 2.05) is 26.0 Å². The maximum absolute atomic E-state index is 5.16. The summed E-state index contributed by atoms with van der Waals surface area (Å²) in [5.74, 6) is 0. The van der Waals surface area contributed by atoms with E-state index in [2.05, 4.69) is 12.2 Å². The Labute approximate surface area is 61.7 Å². The third-order valence-corrected chi connectivity index (χ3v) is 1.34. The largest absolute Gasteiger partial charge is 0.494 e. The van der Waals surface area contributed by atoms with Crippen LogP contribution in [0.15, 0.2) is 36.1 Å². The number of rotatable bonds is 1. The summed E-state index contributed by atoms with van der Waals surface area (Å²) in [7, 11) is 0. The molecule has 0 aliphatic carbocycles. The van der Waals surface area contributed by atoms with Crippen LogP contribution in [-0.4, -0.2) is 6.10 Å². The Morgan fingerprint density at radius 3 is 3.00 bits per heavy atom. The van der Waals surface area contributed by atoms with Gasteiger partial charge in [0.25, 0.3) is 0 Å². The van der Waals surface area contributed by atoms with E-state index in [0.29, 0.717) is 0 Å². The van der Waals surface area contributed by atoms with Gasteiger partial charge in [0.1, 0.15) is 6.10 Å². The van der Waals surface area contributed by atoms with Gasteiger partial charge in [-0.05, 0) is 31.6 Å². The Bertz CT molecular complexity index is 183. The van der Waals surface area contributed by atoms with Crippen molar-refractivity contribution in [3.8, 4) is 0 Å².